The van der Waals surface area contributed by atoms with Gasteiger partial charge in [-0.3, -0.25) is 4.40 Å². The highest BCUT2D eigenvalue weighted by molar-refractivity contribution is 7.89. The van der Waals surface area contributed by atoms with E-state index in [0.717, 1.165) is 0 Å². The van der Waals surface area contributed by atoms with Crippen molar-refractivity contribution in [1.29, 1.82) is 0 Å². The lowest BCUT2D eigenvalue weighted by Crippen LogP contribution is -2.34. The van der Waals surface area contributed by atoms with Crippen LogP contribution in [-0.2, 0) is 10.0 Å². The number of hydrogen-bond acceptors (Lipinski definition) is 4. The molecule has 24 heavy (non-hydrogen) atoms. The molecule has 6 nitrogen and oxygen atoms in total. The highest BCUT2D eigenvalue weighted by atomic mass is 32.2. The highest BCUT2D eigenvalue weighted by Crippen LogP contribution is 2.27. The maximum atomic E-state index is 13.1. The number of hydrogen-bond donors (Lipinski definition) is 0. The molecule has 0 aliphatic carbocycles. The quantitative estimate of drug-likeness (QED) is 0.711. The van der Waals surface area contributed by atoms with Crippen LogP contribution in [0.2, 0.25) is 0 Å². The number of sulfonamides is 1. The molecule has 2 heterocycles. The molecule has 0 spiro atoms. The Labute approximate surface area is 139 Å². The van der Waals surface area contributed by atoms with Gasteiger partial charge in [-0.2, -0.15) is 4.31 Å². The third-order valence-electron chi connectivity index (χ3n) is 3.92. The van der Waals surface area contributed by atoms with Crippen LogP contribution in [-0.4, -0.2) is 33.6 Å². The predicted molar refractivity (Wildman–Crippen MR) is 87.4 cm³/mol. The largest absolute Gasteiger partial charge is 0.273 e. The molecule has 2 aromatic heterocycles. The Bertz CT molecular complexity index is 954. The van der Waals surface area contributed by atoms with E-state index in [2.05, 4.69) is 9.97 Å². The van der Waals surface area contributed by atoms with Gasteiger partial charge in [0.05, 0.1) is 6.20 Å². The molecule has 3 aromatic rings. The Morgan fingerprint density at radius 1 is 1.25 bits per heavy atom. The van der Waals surface area contributed by atoms with Crippen molar-refractivity contribution >= 4 is 15.8 Å². The summed E-state index contributed by atoms with van der Waals surface area (Å²) in [6.45, 7) is 3.81. The second kappa shape index (κ2) is 6.29. The lowest BCUT2D eigenvalue weighted by molar-refractivity contribution is 0.355. The molecule has 0 fully saturated rings. The first-order valence-electron chi connectivity index (χ1n) is 7.50. The Hall–Kier alpha value is -2.32. The van der Waals surface area contributed by atoms with Gasteiger partial charge in [0.15, 0.2) is 5.03 Å². The van der Waals surface area contributed by atoms with Gasteiger partial charge in [-0.05, 0) is 30.7 Å². The number of aromatic nitrogens is 3. The van der Waals surface area contributed by atoms with E-state index in [9.17, 15) is 12.8 Å². The first kappa shape index (κ1) is 16.5. The highest BCUT2D eigenvalue weighted by Gasteiger charge is 2.31. The van der Waals surface area contributed by atoms with Crippen molar-refractivity contribution in [3.63, 3.8) is 0 Å². The fourth-order valence-electron chi connectivity index (χ4n) is 2.68. The second-order valence-corrected chi connectivity index (χ2v) is 7.16. The summed E-state index contributed by atoms with van der Waals surface area (Å²) in [4.78, 5) is 8.08. The standard InChI is InChI=1S/C16H17FN4O2S/c1-3-21(12(2)13-5-7-14(17)8-6-13)24(22,23)15-11-19-16-18-9-4-10-20(15)16/h4-12H,3H2,1-2H3/t12-/m0/s1. The van der Waals surface area contributed by atoms with Crippen LogP contribution in [0.4, 0.5) is 4.39 Å². The van der Waals surface area contributed by atoms with Gasteiger partial charge in [0.1, 0.15) is 5.82 Å². The zero-order chi connectivity index (χ0) is 17.3. The second-order valence-electron chi connectivity index (χ2n) is 5.32. The smallest absolute Gasteiger partial charge is 0.261 e. The average Bonchev–Trinajstić information content (AvgIpc) is 3.00. The van der Waals surface area contributed by atoms with Gasteiger partial charge < -0.3 is 0 Å². The lowest BCUT2D eigenvalue weighted by Gasteiger charge is -2.27. The summed E-state index contributed by atoms with van der Waals surface area (Å²) in [6, 6.07) is 7.04. The monoisotopic (exact) mass is 348 g/mol. The molecule has 0 amide bonds. The first-order valence-corrected chi connectivity index (χ1v) is 8.94. The van der Waals surface area contributed by atoms with Crippen molar-refractivity contribution in [2.75, 3.05) is 6.54 Å². The Balaban J connectivity index is 2.04. The number of nitrogens with zero attached hydrogens (tertiary/aromatic N) is 4. The Morgan fingerprint density at radius 3 is 2.62 bits per heavy atom. The van der Waals surface area contributed by atoms with E-state index in [4.69, 9.17) is 0 Å². The zero-order valence-electron chi connectivity index (χ0n) is 13.3. The number of halogens is 1. The van der Waals surface area contributed by atoms with Crippen molar-refractivity contribution in [1.82, 2.24) is 18.7 Å². The number of fused-ring (bicyclic) bond motifs is 1. The van der Waals surface area contributed by atoms with Crippen LogP contribution in [0.15, 0.2) is 53.9 Å². The van der Waals surface area contributed by atoms with Crippen LogP contribution in [0.5, 0.6) is 0 Å². The van der Waals surface area contributed by atoms with Gasteiger partial charge in [0, 0.05) is 25.0 Å². The molecule has 0 aliphatic heterocycles. The van der Waals surface area contributed by atoms with E-state index in [-0.39, 0.29) is 17.4 Å². The van der Waals surface area contributed by atoms with Crippen molar-refractivity contribution in [3.8, 4) is 0 Å². The maximum absolute atomic E-state index is 13.1. The van der Waals surface area contributed by atoms with Crippen molar-refractivity contribution in [3.05, 3.63) is 60.3 Å². The first-order chi connectivity index (χ1) is 11.4. The molecule has 0 saturated carbocycles. The van der Waals surface area contributed by atoms with Crippen LogP contribution in [0.1, 0.15) is 25.5 Å². The molecule has 0 N–H and O–H groups in total. The number of benzene rings is 1. The lowest BCUT2D eigenvalue weighted by atomic mass is 10.1. The van der Waals surface area contributed by atoms with E-state index in [1.165, 1.54) is 27.0 Å². The third kappa shape index (κ3) is 2.78. The molecule has 0 aliphatic rings. The summed E-state index contributed by atoms with van der Waals surface area (Å²) in [5, 5.41) is 0.0569. The number of rotatable bonds is 5. The van der Waals surface area contributed by atoms with Gasteiger partial charge in [-0.25, -0.2) is 22.8 Å². The fourth-order valence-corrected chi connectivity index (χ4v) is 4.37. The van der Waals surface area contributed by atoms with Crippen LogP contribution in [0.25, 0.3) is 5.78 Å². The molecule has 126 valence electrons. The summed E-state index contributed by atoms with van der Waals surface area (Å²) in [5.74, 6) is -0.0359. The number of imidazole rings is 1. The zero-order valence-corrected chi connectivity index (χ0v) is 14.1. The molecular formula is C16H17FN4O2S. The third-order valence-corrected chi connectivity index (χ3v) is 5.95. The van der Waals surface area contributed by atoms with Gasteiger partial charge in [-0.1, -0.05) is 19.1 Å². The summed E-state index contributed by atoms with van der Waals surface area (Å²) >= 11 is 0. The molecule has 3 rings (SSSR count). The molecule has 1 aromatic carbocycles. The van der Waals surface area contributed by atoms with Gasteiger partial charge in [0.25, 0.3) is 10.0 Å². The molecule has 0 unspecified atom stereocenters. The van der Waals surface area contributed by atoms with Crippen LogP contribution in [0.3, 0.4) is 0 Å². The van der Waals surface area contributed by atoms with Gasteiger partial charge in [0.2, 0.25) is 5.78 Å². The van der Waals surface area contributed by atoms with E-state index in [1.807, 2.05) is 0 Å². The summed E-state index contributed by atoms with van der Waals surface area (Å²) in [7, 11) is -3.79. The minimum absolute atomic E-state index is 0.0569. The molecule has 0 bridgehead atoms. The van der Waals surface area contributed by atoms with Crippen LogP contribution in [0, 0.1) is 5.82 Å². The molecule has 8 heteroatoms. The molecule has 0 radical (unpaired) electrons. The Kier molecular flexibility index (Phi) is 4.33. The van der Waals surface area contributed by atoms with Gasteiger partial charge in [-0.15, -0.1) is 0 Å². The summed E-state index contributed by atoms with van der Waals surface area (Å²) < 4.78 is 42.1. The SMILES string of the molecule is CCN([C@@H](C)c1ccc(F)cc1)S(=O)(=O)c1cnc2ncccn12. The molecule has 0 saturated heterocycles. The minimum atomic E-state index is -3.79. The summed E-state index contributed by atoms with van der Waals surface area (Å²) in [6.07, 6.45) is 4.47. The van der Waals surface area contributed by atoms with E-state index in [1.54, 1.807) is 44.4 Å². The van der Waals surface area contributed by atoms with E-state index >= 15 is 0 Å². The maximum Gasteiger partial charge on any atom is 0.261 e. The van der Waals surface area contributed by atoms with Crippen molar-refractivity contribution < 1.29 is 12.8 Å². The van der Waals surface area contributed by atoms with Crippen LogP contribution < -0.4 is 0 Å². The fraction of sp³-hybridized carbons (Fsp3) is 0.250. The van der Waals surface area contributed by atoms with Crippen molar-refractivity contribution in [2.45, 2.75) is 24.9 Å². The molecular weight excluding hydrogens is 331 g/mol. The van der Waals surface area contributed by atoms with E-state index < -0.39 is 16.1 Å². The summed E-state index contributed by atoms with van der Waals surface area (Å²) in [5.41, 5.74) is 0.716. The van der Waals surface area contributed by atoms with Gasteiger partial charge >= 0.3 is 0 Å². The average molecular weight is 348 g/mol. The molecule has 1 atom stereocenters. The topological polar surface area (TPSA) is 67.6 Å². The normalized spacial score (nSPS) is 13.5. The Morgan fingerprint density at radius 2 is 1.96 bits per heavy atom. The predicted octanol–water partition coefficient (Wildman–Crippen LogP) is 2.64. The van der Waals surface area contributed by atoms with Crippen molar-refractivity contribution in [2.24, 2.45) is 0 Å². The van der Waals surface area contributed by atoms with Crippen LogP contribution >= 0.6 is 0 Å². The van der Waals surface area contributed by atoms with E-state index in [0.29, 0.717) is 11.3 Å². The minimum Gasteiger partial charge on any atom is -0.273 e.